The second-order valence-electron chi connectivity index (χ2n) is 6.61. The number of halogens is 1. The number of hydrogen-bond donors (Lipinski definition) is 0. The Morgan fingerprint density at radius 2 is 1.89 bits per heavy atom. The van der Waals surface area contributed by atoms with Gasteiger partial charge in [-0.25, -0.2) is 0 Å². The summed E-state index contributed by atoms with van der Waals surface area (Å²) in [4.78, 5) is 14.0. The van der Waals surface area contributed by atoms with Crippen LogP contribution < -0.4 is 0 Å². The van der Waals surface area contributed by atoms with E-state index >= 15 is 0 Å². The topological polar surface area (TPSA) is 63.4 Å². The van der Waals surface area contributed by atoms with Crippen LogP contribution in [0, 0.1) is 6.92 Å². The molecule has 0 aliphatic rings. The van der Waals surface area contributed by atoms with E-state index in [-0.39, 0.29) is 5.91 Å². The van der Waals surface area contributed by atoms with Gasteiger partial charge in [-0.1, -0.05) is 41.4 Å². The van der Waals surface area contributed by atoms with Gasteiger partial charge in [0.05, 0.1) is 5.52 Å². The molecule has 27 heavy (non-hydrogen) atoms. The molecule has 0 spiro atoms. The number of benzene rings is 2. The molecule has 0 aliphatic carbocycles. The molecular formula is C20H18ClN5O. The minimum Gasteiger partial charge on any atom is -0.334 e. The van der Waals surface area contributed by atoms with Gasteiger partial charge in [-0.3, -0.25) is 4.79 Å². The van der Waals surface area contributed by atoms with Crippen molar-refractivity contribution in [2.45, 2.75) is 26.9 Å². The van der Waals surface area contributed by atoms with Crippen molar-refractivity contribution in [2.24, 2.45) is 0 Å². The van der Waals surface area contributed by atoms with E-state index in [1.807, 2.05) is 43.3 Å². The Morgan fingerprint density at radius 3 is 2.67 bits per heavy atom. The van der Waals surface area contributed by atoms with E-state index < -0.39 is 0 Å². The first-order valence-corrected chi connectivity index (χ1v) is 9.00. The molecule has 0 radical (unpaired) electrons. The molecule has 0 N–H and O–H groups in total. The smallest absolute Gasteiger partial charge is 0.220 e. The molecular weight excluding hydrogens is 362 g/mol. The molecule has 6 nitrogen and oxygen atoms in total. The van der Waals surface area contributed by atoms with Crippen molar-refractivity contribution in [3.8, 4) is 0 Å². The van der Waals surface area contributed by atoms with Crippen LogP contribution in [0.15, 0.2) is 48.5 Å². The lowest BCUT2D eigenvalue weighted by molar-refractivity contribution is -0.130. The molecule has 0 atom stereocenters. The Labute approximate surface area is 161 Å². The number of fused-ring (bicyclic) bond motifs is 3. The Morgan fingerprint density at radius 1 is 1.11 bits per heavy atom. The zero-order valence-electron chi connectivity index (χ0n) is 15.1. The van der Waals surface area contributed by atoms with Gasteiger partial charge in [0.25, 0.3) is 0 Å². The van der Waals surface area contributed by atoms with E-state index in [0.29, 0.717) is 23.8 Å². The van der Waals surface area contributed by atoms with Crippen molar-refractivity contribution in [1.29, 1.82) is 0 Å². The molecule has 0 aliphatic heterocycles. The molecule has 4 aromatic rings. The highest BCUT2D eigenvalue weighted by Gasteiger charge is 2.17. The van der Waals surface area contributed by atoms with Crippen LogP contribution in [-0.4, -0.2) is 30.8 Å². The van der Waals surface area contributed by atoms with E-state index in [2.05, 4.69) is 27.7 Å². The lowest BCUT2D eigenvalue weighted by Gasteiger charge is -2.22. The number of rotatable bonds is 4. The quantitative estimate of drug-likeness (QED) is 0.541. The predicted octanol–water partition coefficient (Wildman–Crippen LogP) is 3.79. The van der Waals surface area contributed by atoms with E-state index in [4.69, 9.17) is 11.6 Å². The van der Waals surface area contributed by atoms with E-state index in [9.17, 15) is 4.79 Å². The molecule has 2 aromatic heterocycles. The van der Waals surface area contributed by atoms with Crippen molar-refractivity contribution < 1.29 is 4.79 Å². The fourth-order valence-electron chi connectivity index (χ4n) is 3.22. The molecule has 2 heterocycles. The summed E-state index contributed by atoms with van der Waals surface area (Å²) in [7, 11) is 0. The third kappa shape index (κ3) is 3.36. The highest BCUT2D eigenvalue weighted by Crippen LogP contribution is 2.23. The molecule has 2 aromatic carbocycles. The van der Waals surface area contributed by atoms with Gasteiger partial charge in [0, 0.05) is 36.0 Å². The number of hydrogen-bond acceptors (Lipinski definition) is 4. The van der Waals surface area contributed by atoms with Crippen LogP contribution in [0.3, 0.4) is 0 Å². The fourth-order valence-corrected chi connectivity index (χ4v) is 3.41. The van der Waals surface area contributed by atoms with Gasteiger partial charge in [0.1, 0.15) is 0 Å². The normalized spacial score (nSPS) is 11.2. The third-order valence-corrected chi connectivity index (χ3v) is 4.99. The molecule has 0 bridgehead atoms. The SMILES string of the molecule is CC(=O)N(Cc1ccccc1Cl)Cc1cc2cc(C)ccc2n2nnnc12. The van der Waals surface area contributed by atoms with Crippen LogP contribution in [0.25, 0.3) is 16.6 Å². The van der Waals surface area contributed by atoms with Crippen LogP contribution in [0.1, 0.15) is 23.6 Å². The lowest BCUT2D eigenvalue weighted by Crippen LogP contribution is -2.28. The maximum atomic E-state index is 12.3. The largest absolute Gasteiger partial charge is 0.334 e. The van der Waals surface area contributed by atoms with Gasteiger partial charge in [-0.15, -0.1) is 5.10 Å². The van der Waals surface area contributed by atoms with Gasteiger partial charge in [0.2, 0.25) is 5.91 Å². The summed E-state index contributed by atoms with van der Waals surface area (Å²) in [6, 6.07) is 15.7. The van der Waals surface area contributed by atoms with Gasteiger partial charge >= 0.3 is 0 Å². The van der Waals surface area contributed by atoms with Crippen molar-refractivity contribution in [3.05, 3.63) is 70.2 Å². The van der Waals surface area contributed by atoms with Crippen LogP contribution in [0.2, 0.25) is 5.02 Å². The lowest BCUT2D eigenvalue weighted by atomic mass is 10.1. The first kappa shape index (κ1) is 17.4. The minimum atomic E-state index is -0.0371. The van der Waals surface area contributed by atoms with E-state index in [1.165, 1.54) is 0 Å². The number of tetrazole rings is 1. The maximum Gasteiger partial charge on any atom is 0.220 e. The van der Waals surface area contributed by atoms with Gasteiger partial charge in [0.15, 0.2) is 5.65 Å². The van der Waals surface area contributed by atoms with E-state index in [1.54, 1.807) is 16.3 Å². The van der Waals surface area contributed by atoms with Gasteiger partial charge in [-0.05, 0) is 47.2 Å². The van der Waals surface area contributed by atoms with Gasteiger partial charge in [-0.2, -0.15) is 4.52 Å². The van der Waals surface area contributed by atoms with Crippen molar-refractivity contribution >= 4 is 34.1 Å². The number of carbonyl (C=O) groups is 1. The van der Waals surface area contributed by atoms with Crippen LogP contribution in [-0.2, 0) is 17.9 Å². The second-order valence-corrected chi connectivity index (χ2v) is 7.02. The number of aryl methyl sites for hydroxylation is 1. The predicted molar refractivity (Wildman–Crippen MR) is 104 cm³/mol. The number of aromatic nitrogens is 4. The highest BCUT2D eigenvalue weighted by atomic mass is 35.5. The zero-order valence-corrected chi connectivity index (χ0v) is 15.8. The van der Waals surface area contributed by atoms with Crippen molar-refractivity contribution in [3.63, 3.8) is 0 Å². The summed E-state index contributed by atoms with van der Waals surface area (Å²) in [6.07, 6.45) is 0. The van der Waals surface area contributed by atoms with Crippen LogP contribution in [0.4, 0.5) is 0 Å². The number of pyridine rings is 1. The first-order chi connectivity index (χ1) is 13.0. The summed E-state index contributed by atoms with van der Waals surface area (Å²) in [5.41, 5.74) is 4.53. The summed E-state index contributed by atoms with van der Waals surface area (Å²) in [6.45, 7) is 4.42. The highest BCUT2D eigenvalue weighted by molar-refractivity contribution is 6.31. The molecule has 0 unspecified atom stereocenters. The summed E-state index contributed by atoms with van der Waals surface area (Å²) in [5.74, 6) is -0.0371. The monoisotopic (exact) mass is 379 g/mol. The third-order valence-electron chi connectivity index (χ3n) is 4.62. The van der Waals surface area contributed by atoms with Crippen molar-refractivity contribution in [1.82, 2.24) is 24.9 Å². The van der Waals surface area contributed by atoms with Crippen LogP contribution >= 0.6 is 11.6 Å². The molecule has 0 fully saturated rings. The molecule has 4 rings (SSSR count). The minimum absolute atomic E-state index is 0.0371. The molecule has 136 valence electrons. The average Bonchev–Trinajstić information content (AvgIpc) is 3.12. The Balaban J connectivity index is 1.76. The second kappa shape index (κ2) is 6.96. The van der Waals surface area contributed by atoms with Gasteiger partial charge < -0.3 is 4.90 Å². The standard InChI is InChI=1S/C20H18ClN5O/c1-13-7-8-19-16(9-13)10-17(20-22-23-24-26(19)20)12-25(14(2)27)11-15-5-3-4-6-18(15)21/h3-10H,11-12H2,1-2H3. The van der Waals surface area contributed by atoms with E-state index in [0.717, 1.165) is 27.6 Å². The first-order valence-electron chi connectivity index (χ1n) is 8.62. The summed E-state index contributed by atoms with van der Waals surface area (Å²) >= 11 is 6.27. The Hall–Kier alpha value is -2.99. The average molecular weight is 380 g/mol. The maximum absolute atomic E-state index is 12.3. The zero-order chi connectivity index (χ0) is 19.0. The number of amides is 1. The molecule has 7 heteroatoms. The number of nitrogens with zero attached hydrogens (tertiary/aromatic N) is 5. The Kier molecular flexibility index (Phi) is 4.49. The fraction of sp³-hybridized carbons (Fsp3) is 0.200. The van der Waals surface area contributed by atoms with Crippen LogP contribution in [0.5, 0.6) is 0 Å². The Bertz CT molecular complexity index is 1150. The molecule has 0 saturated carbocycles. The summed E-state index contributed by atoms with van der Waals surface area (Å²) in [5, 5.41) is 13.8. The summed E-state index contributed by atoms with van der Waals surface area (Å²) < 4.78 is 1.72. The van der Waals surface area contributed by atoms with Crippen molar-refractivity contribution in [2.75, 3.05) is 0 Å². The number of carbonyl (C=O) groups excluding carboxylic acids is 1. The molecule has 0 saturated heterocycles. The molecule has 1 amide bonds.